The highest BCUT2D eigenvalue weighted by Gasteiger charge is 2.38. The molecule has 0 radical (unpaired) electrons. The molecule has 0 saturated heterocycles. The fraction of sp³-hybridized carbons (Fsp3) is 0.0769. The quantitative estimate of drug-likeness (QED) is 0.816. The molecule has 0 aliphatic rings. The number of hydrogen-bond donors (Lipinski definition) is 1. The highest BCUT2D eigenvalue weighted by Crippen LogP contribution is 2.33. The van der Waals surface area contributed by atoms with E-state index >= 15 is 0 Å². The van der Waals surface area contributed by atoms with Crippen LogP contribution in [0.3, 0.4) is 0 Å². The molecule has 102 valence electrons. The van der Waals surface area contributed by atoms with Gasteiger partial charge in [0.25, 0.3) is 0 Å². The summed E-state index contributed by atoms with van der Waals surface area (Å²) in [6.45, 7) is 0. The van der Waals surface area contributed by atoms with E-state index < -0.39 is 23.4 Å². The number of para-hydroxylation sites is 1. The van der Waals surface area contributed by atoms with Crippen LogP contribution in [-0.4, -0.2) is 20.9 Å². The normalized spacial score (nSPS) is 10.8. The number of halogens is 3. The Kier molecular flexibility index (Phi) is 3.48. The van der Waals surface area contributed by atoms with Crippen LogP contribution in [-0.2, 0) is 11.0 Å². The number of benzene rings is 1. The van der Waals surface area contributed by atoms with E-state index in [1.807, 2.05) is 5.92 Å². The van der Waals surface area contributed by atoms with Crippen LogP contribution < -0.4 is 0 Å². The minimum Gasteiger partial charge on any atom is -0.472 e. The van der Waals surface area contributed by atoms with E-state index in [4.69, 9.17) is 5.11 Å². The maximum atomic E-state index is 13.1. The lowest BCUT2D eigenvalue weighted by Crippen LogP contribution is -2.14. The Hall–Kier alpha value is -2.75. The first-order chi connectivity index (χ1) is 9.39. The number of aromatic nitrogens is 2. The molecule has 1 aromatic heterocycles. The molecule has 0 aliphatic carbocycles. The van der Waals surface area contributed by atoms with E-state index in [0.717, 1.165) is 6.20 Å². The number of carboxylic acids is 1. The fourth-order valence-electron chi connectivity index (χ4n) is 1.60. The second-order valence-corrected chi connectivity index (χ2v) is 3.71. The molecule has 0 fully saturated rings. The Morgan fingerprint density at radius 3 is 2.45 bits per heavy atom. The van der Waals surface area contributed by atoms with Crippen molar-refractivity contribution in [2.75, 3.05) is 0 Å². The molecule has 0 unspecified atom stereocenters. The monoisotopic (exact) mass is 280 g/mol. The predicted molar refractivity (Wildman–Crippen MR) is 63.1 cm³/mol. The van der Waals surface area contributed by atoms with Crippen LogP contribution in [0.25, 0.3) is 5.69 Å². The second-order valence-electron chi connectivity index (χ2n) is 3.71. The highest BCUT2D eigenvalue weighted by molar-refractivity contribution is 5.87. The summed E-state index contributed by atoms with van der Waals surface area (Å²) in [5.41, 5.74) is -1.37. The zero-order valence-electron chi connectivity index (χ0n) is 9.85. The smallest absolute Gasteiger partial charge is 0.434 e. The van der Waals surface area contributed by atoms with Crippen molar-refractivity contribution in [3.63, 3.8) is 0 Å². The van der Waals surface area contributed by atoms with E-state index in [1.165, 1.54) is 12.1 Å². The number of alkyl halides is 3. The lowest BCUT2D eigenvalue weighted by atomic mass is 10.2. The summed E-state index contributed by atoms with van der Waals surface area (Å²) in [5, 5.41) is 12.0. The van der Waals surface area contributed by atoms with E-state index in [1.54, 1.807) is 24.1 Å². The Balaban J connectivity index is 2.61. The molecule has 2 aromatic rings. The van der Waals surface area contributed by atoms with Gasteiger partial charge in [-0.2, -0.15) is 18.3 Å². The highest BCUT2D eigenvalue weighted by atomic mass is 19.4. The van der Waals surface area contributed by atoms with E-state index in [2.05, 4.69) is 5.10 Å². The van der Waals surface area contributed by atoms with Crippen LogP contribution in [0.4, 0.5) is 13.2 Å². The maximum Gasteiger partial charge on any atom is 0.434 e. The molecule has 0 atom stereocenters. The van der Waals surface area contributed by atoms with Gasteiger partial charge in [-0.1, -0.05) is 24.1 Å². The number of carboxylic acid groups (broad SMARTS) is 1. The Morgan fingerprint density at radius 1 is 1.25 bits per heavy atom. The molecule has 0 saturated carbocycles. The van der Waals surface area contributed by atoms with Crippen molar-refractivity contribution in [1.82, 2.24) is 9.78 Å². The van der Waals surface area contributed by atoms with Gasteiger partial charge in [0.2, 0.25) is 0 Å². The first-order valence-electron chi connectivity index (χ1n) is 5.35. The van der Waals surface area contributed by atoms with Gasteiger partial charge in [-0.3, -0.25) is 0 Å². The van der Waals surface area contributed by atoms with Gasteiger partial charge in [-0.05, 0) is 12.1 Å². The van der Waals surface area contributed by atoms with Crippen LogP contribution in [0.2, 0.25) is 0 Å². The number of aliphatic carboxylic acids is 1. The Bertz CT molecular complexity index is 694. The third-order valence-electron chi connectivity index (χ3n) is 2.34. The molecule has 0 amide bonds. The summed E-state index contributed by atoms with van der Waals surface area (Å²) in [6.07, 6.45) is -3.80. The summed E-state index contributed by atoms with van der Waals surface area (Å²) in [5.74, 6) is 2.10. The van der Waals surface area contributed by atoms with E-state index in [9.17, 15) is 18.0 Å². The molecule has 2 rings (SSSR count). The van der Waals surface area contributed by atoms with Gasteiger partial charge < -0.3 is 5.11 Å². The number of nitrogens with zero attached hydrogens (tertiary/aromatic N) is 2. The van der Waals surface area contributed by atoms with Gasteiger partial charge in [0, 0.05) is 5.92 Å². The minimum atomic E-state index is -4.70. The molecule has 0 aliphatic heterocycles. The molecule has 1 heterocycles. The fourth-order valence-corrected chi connectivity index (χ4v) is 1.60. The Labute approximate surface area is 111 Å². The van der Waals surface area contributed by atoms with Gasteiger partial charge in [0.15, 0.2) is 5.69 Å². The van der Waals surface area contributed by atoms with Crippen molar-refractivity contribution in [2.45, 2.75) is 6.18 Å². The largest absolute Gasteiger partial charge is 0.472 e. The molecule has 1 aromatic carbocycles. The zero-order chi connectivity index (χ0) is 14.8. The molecular weight excluding hydrogens is 273 g/mol. The van der Waals surface area contributed by atoms with Crippen LogP contribution in [0.15, 0.2) is 36.5 Å². The predicted octanol–water partition coefficient (Wildman–Crippen LogP) is 2.33. The lowest BCUT2D eigenvalue weighted by Gasteiger charge is -2.10. The summed E-state index contributed by atoms with van der Waals surface area (Å²) < 4.78 is 39.9. The zero-order valence-corrected chi connectivity index (χ0v) is 9.85. The molecule has 0 bridgehead atoms. The van der Waals surface area contributed by atoms with Gasteiger partial charge in [-0.25, -0.2) is 9.48 Å². The summed E-state index contributed by atoms with van der Waals surface area (Å²) in [4.78, 5) is 10.3. The van der Waals surface area contributed by atoms with Crippen LogP contribution in [0.5, 0.6) is 0 Å². The van der Waals surface area contributed by atoms with Crippen LogP contribution in [0, 0.1) is 11.8 Å². The third-order valence-corrected chi connectivity index (χ3v) is 2.34. The second kappa shape index (κ2) is 5.09. The average Bonchev–Trinajstić information content (AvgIpc) is 2.81. The first-order valence-corrected chi connectivity index (χ1v) is 5.35. The van der Waals surface area contributed by atoms with Gasteiger partial charge in [0.05, 0.1) is 17.4 Å². The number of hydrogen-bond acceptors (Lipinski definition) is 2. The molecular formula is C13H7F3N2O2. The summed E-state index contributed by atoms with van der Waals surface area (Å²) in [7, 11) is 0. The number of carbonyl (C=O) groups is 1. The Morgan fingerprint density at radius 2 is 1.90 bits per heavy atom. The van der Waals surface area contributed by atoms with Crippen molar-refractivity contribution >= 4 is 5.97 Å². The maximum absolute atomic E-state index is 13.1. The van der Waals surface area contributed by atoms with E-state index in [0.29, 0.717) is 4.68 Å². The van der Waals surface area contributed by atoms with Crippen LogP contribution >= 0.6 is 0 Å². The van der Waals surface area contributed by atoms with Crippen molar-refractivity contribution < 1.29 is 23.1 Å². The molecule has 20 heavy (non-hydrogen) atoms. The van der Waals surface area contributed by atoms with Crippen molar-refractivity contribution in [2.24, 2.45) is 0 Å². The first kappa shape index (κ1) is 13.7. The van der Waals surface area contributed by atoms with Crippen molar-refractivity contribution in [3.05, 3.63) is 47.8 Å². The minimum absolute atomic E-state index is 0.211. The summed E-state index contributed by atoms with van der Waals surface area (Å²) in [6, 6.07) is 7.71. The van der Waals surface area contributed by atoms with Gasteiger partial charge in [0.1, 0.15) is 0 Å². The van der Waals surface area contributed by atoms with E-state index in [-0.39, 0.29) is 5.69 Å². The topological polar surface area (TPSA) is 55.1 Å². The SMILES string of the molecule is O=C(O)C#Cc1cnn(-c2ccccc2)c1C(F)(F)F. The summed E-state index contributed by atoms with van der Waals surface area (Å²) >= 11 is 0. The van der Waals surface area contributed by atoms with Crippen molar-refractivity contribution in [3.8, 4) is 17.5 Å². The third kappa shape index (κ3) is 2.80. The molecule has 7 heteroatoms. The van der Waals surface area contributed by atoms with Crippen LogP contribution in [0.1, 0.15) is 11.3 Å². The van der Waals surface area contributed by atoms with Gasteiger partial charge >= 0.3 is 12.1 Å². The van der Waals surface area contributed by atoms with Crippen molar-refractivity contribution in [1.29, 1.82) is 0 Å². The standard InChI is InChI=1S/C13H7F3N2O2/c14-13(15,16)12-9(6-7-11(19)20)8-17-18(12)10-4-2-1-3-5-10/h1-5,8H,(H,19,20). The average molecular weight is 280 g/mol. The molecule has 1 N–H and O–H groups in total. The number of rotatable bonds is 1. The van der Waals surface area contributed by atoms with Gasteiger partial charge in [-0.15, -0.1) is 0 Å². The lowest BCUT2D eigenvalue weighted by molar-refractivity contribution is -0.143. The molecule has 0 spiro atoms. The molecule has 4 nitrogen and oxygen atoms in total.